The summed E-state index contributed by atoms with van der Waals surface area (Å²) in [4.78, 5) is 13.7. The van der Waals surface area contributed by atoms with Gasteiger partial charge in [0.05, 0.1) is 23.8 Å². The van der Waals surface area contributed by atoms with Gasteiger partial charge in [0.15, 0.2) is 5.82 Å². The van der Waals surface area contributed by atoms with Crippen LogP contribution in [-0.2, 0) is 4.74 Å². The summed E-state index contributed by atoms with van der Waals surface area (Å²) in [6, 6.07) is 8.42. The van der Waals surface area contributed by atoms with Crippen LogP contribution in [0, 0.1) is 5.92 Å². The Kier molecular flexibility index (Phi) is 5.51. The number of nitrogens with one attached hydrogen (secondary N) is 1. The maximum Gasteiger partial charge on any atom is 0.291 e. The van der Waals surface area contributed by atoms with Crippen molar-refractivity contribution < 1.29 is 4.74 Å². The average molecular weight is 340 g/mol. The SMILES string of the molecule is CCCC(CCC)[C@@]1(CC)CN=C(Nc2cnc3ccccc3n2)O1. The van der Waals surface area contributed by atoms with Gasteiger partial charge >= 0.3 is 0 Å². The summed E-state index contributed by atoms with van der Waals surface area (Å²) in [6.45, 7) is 7.40. The molecule has 0 aliphatic carbocycles. The molecule has 0 radical (unpaired) electrons. The highest BCUT2D eigenvalue weighted by molar-refractivity contribution is 5.90. The lowest BCUT2D eigenvalue weighted by Gasteiger charge is -2.35. The van der Waals surface area contributed by atoms with Crippen LogP contribution in [0.15, 0.2) is 35.5 Å². The van der Waals surface area contributed by atoms with E-state index < -0.39 is 0 Å². The number of hydrogen-bond donors (Lipinski definition) is 1. The van der Waals surface area contributed by atoms with Gasteiger partial charge in [0.1, 0.15) is 5.60 Å². The molecule has 3 rings (SSSR count). The Balaban J connectivity index is 1.73. The standard InChI is InChI=1S/C20H28N4O/c1-4-9-15(10-5-2)20(6-3)14-22-19(25-20)24-18-13-21-16-11-7-8-12-17(16)23-18/h7-8,11-13,15H,4-6,9-10,14H2,1-3H3,(H,22,23,24)/t20-/m1/s1. The molecule has 2 aromatic rings. The number of amidine groups is 1. The first-order valence-electron chi connectivity index (χ1n) is 9.43. The number of rotatable bonds is 7. The number of benzene rings is 1. The number of anilines is 1. The Morgan fingerprint density at radius 1 is 1.12 bits per heavy atom. The monoisotopic (exact) mass is 340 g/mol. The summed E-state index contributed by atoms with van der Waals surface area (Å²) >= 11 is 0. The highest BCUT2D eigenvalue weighted by atomic mass is 16.5. The highest BCUT2D eigenvalue weighted by Gasteiger charge is 2.43. The number of para-hydroxylation sites is 2. The first-order valence-corrected chi connectivity index (χ1v) is 9.43. The van der Waals surface area contributed by atoms with Crippen LogP contribution in [0.2, 0.25) is 0 Å². The Hall–Kier alpha value is -2.17. The molecule has 1 aromatic carbocycles. The second-order valence-corrected chi connectivity index (χ2v) is 6.79. The zero-order valence-electron chi connectivity index (χ0n) is 15.5. The smallest absolute Gasteiger partial charge is 0.291 e. The maximum atomic E-state index is 6.35. The zero-order chi connectivity index (χ0) is 17.7. The fraction of sp³-hybridized carbons (Fsp3) is 0.550. The van der Waals surface area contributed by atoms with E-state index in [0.717, 1.165) is 24.0 Å². The molecular weight excluding hydrogens is 312 g/mol. The molecular formula is C20H28N4O. The van der Waals surface area contributed by atoms with Crippen LogP contribution in [0.3, 0.4) is 0 Å². The third-order valence-electron chi connectivity index (χ3n) is 5.09. The van der Waals surface area contributed by atoms with Gasteiger partial charge in [-0.2, -0.15) is 0 Å². The first-order chi connectivity index (χ1) is 12.2. The van der Waals surface area contributed by atoms with Gasteiger partial charge in [-0.15, -0.1) is 0 Å². The Morgan fingerprint density at radius 2 is 1.84 bits per heavy atom. The Bertz CT molecular complexity index is 739. The van der Waals surface area contributed by atoms with Crippen molar-refractivity contribution in [1.29, 1.82) is 0 Å². The van der Waals surface area contributed by atoms with Gasteiger partial charge in [-0.25, -0.2) is 9.98 Å². The van der Waals surface area contributed by atoms with Crippen molar-refractivity contribution in [3.63, 3.8) is 0 Å². The van der Waals surface area contributed by atoms with E-state index in [0.29, 0.717) is 17.8 Å². The van der Waals surface area contributed by atoms with Crippen molar-refractivity contribution in [1.82, 2.24) is 9.97 Å². The van der Waals surface area contributed by atoms with Crippen molar-refractivity contribution in [2.24, 2.45) is 10.9 Å². The van der Waals surface area contributed by atoms with Crippen LogP contribution >= 0.6 is 0 Å². The fourth-order valence-electron chi connectivity index (χ4n) is 3.71. The molecule has 0 saturated carbocycles. The van der Waals surface area contributed by atoms with Gasteiger partial charge in [-0.3, -0.25) is 10.3 Å². The molecule has 1 N–H and O–H groups in total. The minimum absolute atomic E-state index is 0.182. The molecule has 0 fully saturated rings. The molecule has 1 aromatic heterocycles. The summed E-state index contributed by atoms with van der Waals surface area (Å²) in [5.41, 5.74) is 1.57. The van der Waals surface area contributed by atoms with Gasteiger partial charge in [0.25, 0.3) is 6.02 Å². The largest absolute Gasteiger partial charge is 0.456 e. The minimum atomic E-state index is -0.182. The topological polar surface area (TPSA) is 59.4 Å². The van der Waals surface area contributed by atoms with Gasteiger partial charge in [0.2, 0.25) is 0 Å². The van der Waals surface area contributed by atoms with E-state index in [2.05, 4.69) is 41.0 Å². The molecule has 0 spiro atoms. The minimum Gasteiger partial charge on any atom is -0.456 e. The summed E-state index contributed by atoms with van der Waals surface area (Å²) in [5.74, 6) is 1.21. The molecule has 134 valence electrons. The van der Waals surface area contributed by atoms with Crippen LogP contribution in [0.5, 0.6) is 0 Å². The van der Waals surface area contributed by atoms with Crippen molar-refractivity contribution in [2.45, 2.75) is 58.5 Å². The molecule has 25 heavy (non-hydrogen) atoms. The molecule has 2 heterocycles. The third-order valence-corrected chi connectivity index (χ3v) is 5.09. The van der Waals surface area contributed by atoms with Crippen LogP contribution in [-0.4, -0.2) is 28.1 Å². The summed E-state index contributed by atoms with van der Waals surface area (Å²) in [5, 5.41) is 3.22. The number of hydrogen-bond acceptors (Lipinski definition) is 5. The van der Waals surface area contributed by atoms with Crippen LogP contribution in [0.25, 0.3) is 11.0 Å². The third kappa shape index (κ3) is 3.75. The normalized spacial score (nSPS) is 19.9. The maximum absolute atomic E-state index is 6.35. The number of fused-ring (bicyclic) bond motifs is 1. The summed E-state index contributed by atoms with van der Waals surface area (Å²) < 4.78 is 6.35. The van der Waals surface area contributed by atoms with E-state index >= 15 is 0 Å². The van der Waals surface area contributed by atoms with Gasteiger partial charge in [-0.05, 0) is 31.4 Å². The predicted octanol–water partition coefficient (Wildman–Crippen LogP) is 4.79. The highest BCUT2D eigenvalue weighted by Crippen LogP contribution is 2.37. The number of ether oxygens (including phenoxy) is 1. The van der Waals surface area contributed by atoms with Crippen LogP contribution in [0.1, 0.15) is 52.9 Å². The number of aromatic nitrogens is 2. The molecule has 0 unspecified atom stereocenters. The van der Waals surface area contributed by atoms with E-state index in [1.54, 1.807) is 6.20 Å². The van der Waals surface area contributed by atoms with Crippen LogP contribution in [0.4, 0.5) is 5.82 Å². The van der Waals surface area contributed by atoms with Crippen molar-refractivity contribution >= 4 is 22.9 Å². The molecule has 0 saturated heterocycles. The quantitative estimate of drug-likeness (QED) is 0.787. The molecule has 1 aliphatic heterocycles. The van der Waals surface area contributed by atoms with Crippen LogP contribution < -0.4 is 5.32 Å². The van der Waals surface area contributed by atoms with Gasteiger partial charge < -0.3 is 4.74 Å². The molecule has 0 bridgehead atoms. The summed E-state index contributed by atoms with van der Waals surface area (Å²) in [6.07, 6.45) is 7.41. The van der Waals surface area contributed by atoms with Crippen molar-refractivity contribution in [3.05, 3.63) is 30.5 Å². The number of aliphatic imine (C=N–C) groups is 1. The van der Waals surface area contributed by atoms with Crippen molar-refractivity contribution in [2.75, 3.05) is 11.9 Å². The number of nitrogens with zero attached hydrogens (tertiary/aromatic N) is 3. The molecule has 1 aliphatic rings. The van der Waals surface area contributed by atoms with E-state index in [1.165, 1.54) is 25.7 Å². The summed E-state index contributed by atoms with van der Waals surface area (Å²) in [7, 11) is 0. The lowest BCUT2D eigenvalue weighted by atomic mass is 9.79. The van der Waals surface area contributed by atoms with Gasteiger partial charge in [0, 0.05) is 5.92 Å². The fourth-order valence-corrected chi connectivity index (χ4v) is 3.71. The second-order valence-electron chi connectivity index (χ2n) is 6.79. The average Bonchev–Trinajstić information content (AvgIpc) is 3.06. The van der Waals surface area contributed by atoms with E-state index in [4.69, 9.17) is 4.74 Å². The van der Waals surface area contributed by atoms with E-state index in [9.17, 15) is 0 Å². The molecule has 1 atom stereocenters. The second kappa shape index (κ2) is 7.81. The predicted molar refractivity (Wildman–Crippen MR) is 103 cm³/mol. The Morgan fingerprint density at radius 3 is 2.52 bits per heavy atom. The van der Waals surface area contributed by atoms with E-state index in [1.807, 2.05) is 24.3 Å². The lowest BCUT2D eigenvalue weighted by Crippen LogP contribution is -2.42. The molecule has 0 amide bonds. The zero-order valence-corrected chi connectivity index (χ0v) is 15.5. The first kappa shape index (κ1) is 17.6. The van der Waals surface area contributed by atoms with Gasteiger partial charge in [-0.1, -0.05) is 45.7 Å². The molecule has 5 heteroatoms. The molecule has 5 nitrogen and oxygen atoms in total. The van der Waals surface area contributed by atoms with E-state index in [-0.39, 0.29) is 5.60 Å². The lowest BCUT2D eigenvalue weighted by molar-refractivity contribution is 0.0104. The Labute approximate surface area is 149 Å². The van der Waals surface area contributed by atoms with Crippen molar-refractivity contribution in [3.8, 4) is 0 Å².